The molecule has 5 heteroatoms. The van der Waals surface area contributed by atoms with Gasteiger partial charge in [0.2, 0.25) is 0 Å². The van der Waals surface area contributed by atoms with Crippen LogP contribution < -0.4 is 5.32 Å². The highest BCUT2D eigenvalue weighted by Crippen LogP contribution is 2.04. The molecule has 0 bridgehead atoms. The summed E-state index contributed by atoms with van der Waals surface area (Å²) in [4.78, 5) is 11.2. The van der Waals surface area contributed by atoms with E-state index in [0.717, 1.165) is 0 Å². The van der Waals surface area contributed by atoms with Crippen molar-refractivity contribution in [2.45, 2.75) is 26.8 Å². The third-order valence-corrected chi connectivity index (χ3v) is 1.59. The SMILES string of the molecule is CCOC(=O)c1ccc(NC(C)C)nn1. The normalized spacial score (nSPS) is 10.1. The molecule has 0 atom stereocenters. The molecule has 82 valence electrons. The van der Waals surface area contributed by atoms with Gasteiger partial charge in [0.05, 0.1) is 6.61 Å². The Bertz CT molecular complexity index is 322. The van der Waals surface area contributed by atoms with E-state index in [2.05, 4.69) is 15.5 Å². The van der Waals surface area contributed by atoms with Crippen LogP contribution in [-0.2, 0) is 4.74 Å². The summed E-state index contributed by atoms with van der Waals surface area (Å²) in [6.07, 6.45) is 0. The Morgan fingerprint density at radius 3 is 2.67 bits per heavy atom. The second kappa shape index (κ2) is 5.29. The number of hydrogen-bond acceptors (Lipinski definition) is 5. The van der Waals surface area contributed by atoms with Crippen LogP contribution in [-0.4, -0.2) is 28.8 Å². The van der Waals surface area contributed by atoms with Gasteiger partial charge in [-0.25, -0.2) is 4.79 Å². The topological polar surface area (TPSA) is 64.1 Å². The Balaban J connectivity index is 2.67. The summed E-state index contributed by atoms with van der Waals surface area (Å²) in [5, 5.41) is 10.7. The monoisotopic (exact) mass is 209 g/mol. The number of nitrogens with one attached hydrogen (secondary N) is 1. The number of hydrogen-bond donors (Lipinski definition) is 1. The van der Waals surface area contributed by atoms with E-state index in [1.165, 1.54) is 0 Å². The molecule has 1 N–H and O–H groups in total. The summed E-state index contributed by atoms with van der Waals surface area (Å²) in [5.74, 6) is 0.208. The predicted molar refractivity (Wildman–Crippen MR) is 56.7 cm³/mol. The van der Waals surface area contributed by atoms with Crippen LogP contribution in [0.5, 0.6) is 0 Å². The molecule has 0 aromatic carbocycles. The van der Waals surface area contributed by atoms with Crippen molar-refractivity contribution in [1.82, 2.24) is 10.2 Å². The summed E-state index contributed by atoms with van der Waals surface area (Å²) >= 11 is 0. The number of nitrogens with zero attached hydrogens (tertiary/aromatic N) is 2. The van der Waals surface area contributed by atoms with Crippen molar-refractivity contribution in [2.24, 2.45) is 0 Å². The number of esters is 1. The third-order valence-electron chi connectivity index (χ3n) is 1.59. The maximum atomic E-state index is 11.2. The van der Waals surface area contributed by atoms with Crippen LogP contribution in [0.1, 0.15) is 31.3 Å². The highest BCUT2D eigenvalue weighted by Gasteiger charge is 2.08. The maximum Gasteiger partial charge on any atom is 0.358 e. The van der Waals surface area contributed by atoms with Gasteiger partial charge < -0.3 is 10.1 Å². The van der Waals surface area contributed by atoms with Gasteiger partial charge in [-0.2, -0.15) is 0 Å². The van der Waals surface area contributed by atoms with Gasteiger partial charge in [-0.05, 0) is 32.9 Å². The molecule has 0 saturated carbocycles. The molecule has 1 aromatic rings. The van der Waals surface area contributed by atoms with E-state index in [1.54, 1.807) is 19.1 Å². The quantitative estimate of drug-likeness (QED) is 0.761. The summed E-state index contributed by atoms with van der Waals surface area (Å²) in [7, 11) is 0. The Morgan fingerprint density at radius 1 is 1.47 bits per heavy atom. The van der Waals surface area contributed by atoms with Gasteiger partial charge in [-0.1, -0.05) is 0 Å². The molecule has 0 unspecified atom stereocenters. The van der Waals surface area contributed by atoms with E-state index < -0.39 is 5.97 Å². The first kappa shape index (κ1) is 11.4. The number of ether oxygens (including phenoxy) is 1. The molecule has 1 aromatic heterocycles. The third kappa shape index (κ3) is 3.53. The predicted octanol–water partition coefficient (Wildman–Crippen LogP) is 1.47. The van der Waals surface area contributed by atoms with Crippen molar-refractivity contribution < 1.29 is 9.53 Å². The van der Waals surface area contributed by atoms with Crippen molar-refractivity contribution in [3.63, 3.8) is 0 Å². The molecule has 0 aliphatic carbocycles. The molecule has 0 aliphatic rings. The lowest BCUT2D eigenvalue weighted by atomic mass is 10.3. The lowest BCUT2D eigenvalue weighted by Gasteiger charge is -2.07. The van der Waals surface area contributed by atoms with Crippen LogP contribution in [0.25, 0.3) is 0 Å². The molecule has 0 fully saturated rings. The van der Waals surface area contributed by atoms with Crippen LogP contribution in [0.15, 0.2) is 12.1 Å². The van der Waals surface area contributed by atoms with Gasteiger partial charge in [0.15, 0.2) is 5.69 Å². The fourth-order valence-electron chi connectivity index (χ4n) is 1.02. The van der Waals surface area contributed by atoms with Crippen molar-refractivity contribution in [3.8, 4) is 0 Å². The van der Waals surface area contributed by atoms with E-state index in [4.69, 9.17) is 4.74 Å². The summed E-state index contributed by atoms with van der Waals surface area (Å²) in [6.45, 7) is 6.09. The van der Waals surface area contributed by atoms with Crippen molar-refractivity contribution >= 4 is 11.8 Å². The van der Waals surface area contributed by atoms with E-state index in [9.17, 15) is 4.79 Å². The average molecular weight is 209 g/mol. The lowest BCUT2D eigenvalue weighted by molar-refractivity contribution is 0.0518. The van der Waals surface area contributed by atoms with Crippen molar-refractivity contribution in [1.29, 1.82) is 0 Å². The molecule has 5 nitrogen and oxygen atoms in total. The molecule has 1 rings (SSSR count). The molecule has 0 aliphatic heterocycles. The van der Waals surface area contributed by atoms with E-state index >= 15 is 0 Å². The minimum absolute atomic E-state index is 0.228. The van der Waals surface area contributed by atoms with Crippen LogP contribution in [0.2, 0.25) is 0 Å². The van der Waals surface area contributed by atoms with Crippen molar-refractivity contribution in [2.75, 3.05) is 11.9 Å². The summed E-state index contributed by atoms with van der Waals surface area (Å²) in [5.41, 5.74) is 0.228. The van der Waals surface area contributed by atoms with E-state index in [0.29, 0.717) is 12.4 Å². The van der Waals surface area contributed by atoms with Crippen LogP contribution in [0.3, 0.4) is 0 Å². The van der Waals surface area contributed by atoms with Crippen LogP contribution in [0, 0.1) is 0 Å². The van der Waals surface area contributed by atoms with Crippen LogP contribution in [0.4, 0.5) is 5.82 Å². The Labute approximate surface area is 88.9 Å². The Morgan fingerprint density at radius 2 is 2.20 bits per heavy atom. The molecule has 15 heavy (non-hydrogen) atoms. The first-order valence-electron chi connectivity index (χ1n) is 4.91. The zero-order chi connectivity index (χ0) is 11.3. The number of aromatic nitrogens is 2. The van der Waals surface area contributed by atoms with Crippen molar-refractivity contribution in [3.05, 3.63) is 17.8 Å². The number of anilines is 1. The molecule has 0 amide bonds. The second-order valence-corrected chi connectivity index (χ2v) is 3.32. The lowest BCUT2D eigenvalue weighted by Crippen LogP contribution is -2.13. The van der Waals surface area contributed by atoms with Gasteiger partial charge in [0.25, 0.3) is 0 Å². The zero-order valence-corrected chi connectivity index (χ0v) is 9.15. The molecule has 0 spiro atoms. The highest BCUT2D eigenvalue weighted by atomic mass is 16.5. The van der Waals surface area contributed by atoms with Gasteiger partial charge in [-0.3, -0.25) is 0 Å². The number of rotatable bonds is 4. The Kier molecular flexibility index (Phi) is 4.03. The van der Waals surface area contributed by atoms with E-state index in [-0.39, 0.29) is 11.7 Å². The molecule has 0 saturated heterocycles. The minimum Gasteiger partial charge on any atom is -0.461 e. The summed E-state index contributed by atoms with van der Waals surface area (Å²) < 4.78 is 4.79. The van der Waals surface area contributed by atoms with Crippen LogP contribution >= 0.6 is 0 Å². The first-order chi connectivity index (χ1) is 7.13. The first-order valence-corrected chi connectivity index (χ1v) is 4.91. The summed E-state index contributed by atoms with van der Waals surface area (Å²) in [6, 6.07) is 3.59. The standard InChI is InChI=1S/C10H15N3O2/c1-4-15-10(14)8-5-6-9(13-12-8)11-7(2)3/h5-7H,4H2,1-3H3,(H,11,13). The second-order valence-electron chi connectivity index (χ2n) is 3.32. The highest BCUT2D eigenvalue weighted by molar-refractivity contribution is 5.87. The zero-order valence-electron chi connectivity index (χ0n) is 9.15. The molecule has 0 radical (unpaired) electrons. The van der Waals surface area contributed by atoms with Gasteiger partial charge in [0.1, 0.15) is 5.82 Å². The van der Waals surface area contributed by atoms with E-state index in [1.807, 2.05) is 13.8 Å². The fraction of sp³-hybridized carbons (Fsp3) is 0.500. The minimum atomic E-state index is -0.443. The average Bonchev–Trinajstić information content (AvgIpc) is 2.18. The molecular formula is C10H15N3O2. The fourth-order valence-corrected chi connectivity index (χ4v) is 1.02. The van der Waals surface area contributed by atoms with Gasteiger partial charge in [0, 0.05) is 6.04 Å². The maximum absolute atomic E-state index is 11.2. The smallest absolute Gasteiger partial charge is 0.358 e. The number of carbonyl (C=O) groups excluding carboxylic acids is 1. The molecule has 1 heterocycles. The Hall–Kier alpha value is -1.65. The number of carbonyl (C=O) groups is 1. The van der Waals surface area contributed by atoms with Gasteiger partial charge in [-0.15, -0.1) is 10.2 Å². The molecular weight excluding hydrogens is 194 g/mol. The largest absolute Gasteiger partial charge is 0.461 e. The van der Waals surface area contributed by atoms with Gasteiger partial charge >= 0.3 is 5.97 Å².